The van der Waals surface area contributed by atoms with Gasteiger partial charge in [0.1, 0.15) is 12.7 Å². The van der Waals surface area contributed by atoms with Gasteiger partial charge in [0.25, 0.3) is 0 Å². The minimum atomic E-state index is -4.59. The molecule has 0 bridgehead atoms. The second-order valence-corrected chi connectivity index (χ2v) is 10.9. The Kier molecular flexibility index (Phi) is 24.4. The Morgan fingerprint density at radius 3 is 2.03 bits per heavy atom. The molecule has 3 N–H and O–H groups in total. The molecule has 0 aromatic heterocycles. The van der Waals surface area contributed by atoms with Gasteiger partial charge in [0.05, 0.1) is 19.8 Å². The van der Waals surface area contributed by atoms with Crippen molar-refractivity contribution in [2.75, 3.05) is 26.4 Å². The number of unbranched alkanes of at least 4 members (excludes halogenated alkanes) is 8. The van der Waals surface area contributed by atoms with Crippen LogP contribution in [-0.2, 0) is 32.7 Å². The number of rotatable bonds is 26. The number of carbonyl (C=O) groups is 2. The van der Waals surface area contributed by atoms with Gasteiger partial charge < -0.3 is 24.6 Å². The van der Waals surface area contributed by atoms with E-state index >= 15 is 0 Å². The van der Waals surface area contributed by atoms with Gasteiger partial charge in [-0.25, -0.2) is 4.57 Å². The summed E-state index contributed by atoms with van der Waals surface area (Å²) in [6.07, 6.45) is 18.6. The van der Waals surface area contributed by atoms with E-state index in [-0.39, 0.29) is 19.4 Å². The van der Waals surface area contributed by atoms with Crippen molar-refractivity contribution in [1.29, 1.82) is 0 Å². The number of hydrogen-bond donors (Lipinski definition) is 3. The van der Waals surface area contributed by atoms with Crippen molar-refractivity contribution >= 4 is 19.8 Å². The predicted molar refractivity (Wildman–Crippen MR) is 150 cm³/mol. The van der Waals surface area contributed by atoms with Gasteiger partial charge in [0, 0.05) is 12.8 Å². The Labute approximate surface area is 234 Å². The first-order chi connectivity index (χ1) is 18.7. The molecule has 0 heterocycles. The molecular formula is C28H51O10P. The highest BCUT2D eigenvalue weighted by atomic mass is 31.2. The summed E-state index contributed by atoms with van der Waals surface area (Å²) in [6, 6.07) is 0. The van der Waals surface area contributed by atoms with Gasteiger partial charge in [-0.05, 0) is 38.5 Å². The fraction of sp³-hybridized carbons (Fsp3) is 0.786. The van der Waals surface area contributed by atoms with Gasteiger partial charge >= 0.3 is 19.8 Å². The number of aliphatic hydroxyl groups excluding tert-OH is 2. The van der Waals surface area contributed by atoms with Crippen molar-refractivity contribution in [3.05, 3.63) is 24.3 Å². The average Bonchev–Trinajstić information content (AvgIpc) is 2.92. The normalized spacial score (nSPS) is 14.9. The Bertz CT molecular complexity index is 725. The first-order valence-corrected chi connectivity index (χ1v) is 15.8. The molecule has 0 aliphatic carbocycles. The standard InChI is InChI=1S/C28H51O10P/c1-3-5-7-8-9-10-11-12-13-14-15-16-17-18-20-28(32)38-26(23-35-27(31)19-6-4-2)24-37-39(33,34)36-22-25(30)21-29/h8-9,11-12,25-26,29-30H,3-7,10,13-24H2,1-2H3,(H,33,34)/b9-8-,12-11-. The molecule has 10 nitrogen and oxygen atoms in total. The summed E-state index contributed by atoms with van der Waals surface area (Å²) in [5.74, 6) is -0.988. The van der Waals surface area contributed by atoms with Crippen LogP contribution in [0.1, 0.15) is 104 Å². The lowest BCUT2D eigenvalue weighted by Crippen LogP contribution is -2.29. The molecule has 0 rings (SSSR count). The molecule has 0 fully saturated rings. The van der Waals surface area contributed by atoms with E-state index < -0.39 is 51.8 Å². The van der Waals surface area contributed by atoms with Crippen LogP contribution in [0.5, 0.6) is 0 Å². The molecule has 0 saturated carbocycles. The quantitative estimate of drug-likeness (QED) is 0.0517. The number of phosphoric ester groups is 1. The molecule has 0 saturated heterocycles. The van der Waals surface area contributed by atoms with E-state index in [0.29, 0.717) is 12.8 Å². The summed E-state index contributed by atoms with van der Waals surface area (Å²) in [6.45, 7) is 1.99. The first kappa shape index (κ1) is 37.5. The lowest BCUT2D eigenvalue weighted by molar-refractivity contribution is -0.161. The van der Waals surface area contributed by atoms with E-state index in [1.165, 1.54) is 12.8 Å². The van der Waals surface area contributed by atoms with E-state index in [9.17, 15) is 24.2 Å². The number of aliphatic hydroxyl groups is 2. The van der Waals surface area contributed by atoms with Crippen LogP contribution in [0.2, 0.25) is 0 Å². The molecule has 0 spiro atoms. The summed E-state index contributed by atoms with van der Waals surface area (Å²) in [5.41, 5.74) is 0. The van der Waals surface area contributed by atoms with Gasteiger partial charge in [0.2, 0.25) is 0 Å². The molecule has 228 valence electrons. The van der Waals surface area contributed by atoms with E-state index in [1.807, 2.05) is 6.92 Å². The molecule has 3 unspecified atom stereocenters. The van der Waals surface area contributed by atoms with Crippen molar-refractivity contribution < 1.29 is 47.8 Å². The zero-order valence-electron chi connectivity index (χ0n) is 23.8. The molecule has 0 aromatic rings. The third kappa shape index (κ3) is 25.2. The van der Waals surface area contributed by atoms with Crippen LogP contribution in [0.3, 0.4) is 0 Å². The minimum absolute atomic E-state index is 0.167. The van der Waals surface area contributed by atoms with Crippen molar-refractivity contribution in [2.45, 2.75) is 116 Å². The third-order valence-corrected chi connectivity index (χ3v) is 6.56. The number of hydrogen-bond acceptors (Lipinski definition) is 9. The second-order valence-electron chi connectivity index (χ2n) is 9.42. The van der Waals surface area contributed by atoms with Gasteiger partial charge in [-0.3, -0.25) is 18.6 Å². The maximum Gasteiger partial charge on any atom is 0.472 e. The number of ether oxygens (including phenoxy) is 2. The van der Waals surface area contributed by atoms with Gasteiger partial charge in [0.15, 0.2) is 6.10 Å². The van der Waals surface area contributed by atoms with Crippen LogP contribution in [-0.4, -0.2) is 65.7 Å². The van der Waals surface area contributed by atoms with E-state index in [2.05, 4.69) is 35.8 Å². The largest absolute Gasteiger partial charge is 0.472 e. The molecule has 0 amide bonds. The monoisotopic (exact) mass is 578 g/mol. The van der Waals surface area contributed by atoms with Crippen LogP contribution in [0.15, 0.2) is 24.3 Å². The number of allylic oxidation sites excluding steroid dienone is 4. The van der Waals surface area contributed by atoms with Crippen molar-refractivity contribution in [3.63, 3.8) is 0 Å². The van der Waals surface area contributed by atoms with Gasteiger partial charge in [-0.2, -0.15) is 0 Å². The van der Waals surface area contributed by atoms with Crippen LogP contribution in [0.25, 0.3) is 0 Å². The maximum atomic E-state index is 12.3. The van der Waals surface area contributed by atoms with Crippen molar-refractivity contribution in [2.24, 2.45) is 0 Å². The molecule has 0 aliphatic rings. The zero-order valence-corrected chi connectivity index (χ0v) is 24.7. The highest BCUT2D eigenvalue weighted by Crippen LogP contribution is 2.43. The van der Waals surface area contributed by atoms with Crippen LogP contribution >= 0.6 is 7.82 Å². The van der Waals surface area contributed by atoms with E-state index in [4.69, 9.17) is 19.1 Å². The smallest absolute Gasteiger partial charge is 0.462 e. The second kappa shape index (κ2) is 25.4. The molecule has 11 heteroatoms. The first-order valence-electron chi connectivity index (χ1n) is 14.3. The maximum absolute atomic E-state index is 12.3. The predicted octanol–water partition coefficient (Wildman–Crippen LogP) is 5.54. The summed E-state index contributed by atoms with van der Waals surface area (Å²) in [5, 5.41) is 18.0. The molecule has 3 atom stereocenters. The van der Waals surface area contributed by atoms with E-state index in [1.54, 1.807) is 0 Å². The Morgan fingerprint density at radius 2 is 1.36 bits per heavy atom. The topological polar surface area (TPSA) is 149 Å². The fourth-order valence-electron chi connectivity index (χ4n) is 3.28. The van der Waals surface area contributed by atoms with Gasteiger partial charge in [-0.1, -0.05) is 76.7 Å². The lowest BCUT2D eigenvalue weighted by Gasteiger charge is -2.20. The third-order valence-electron chi connectivity index (χ3n) is 5.61. The Balaban J connectivity index is 4.32. The zero-order chi connectivity index (χ0) is 29.2. The highest BCUT2D eigenvalue weighted by molar-refractivity contribution is 7.47. The molecule has 0 radical (unpaired) electrons. The van der Waals surface area contributed by atoms with Crippen LogP contribution in [0.4, 0.5) is 0 Å². The van der Waals surface area contributed by atoms with Gasteiger partial charge in [-0.15, -0.1) is 0 Å². The average molecular weight is 579 g/mol. The summed E-state index contributed by atoms with van der Waals surface area (Å²) in [4.78, 5) is 33.9. The number of phosphoric acid groups is 1. The lowest BCUT2D eigenvalue weighted by atomic mass is 10.1. The number of carbonyl (C=O) groups excluding carboxylic acids is 2. The molecular weight excluding hydrogens is 527 g/mol. The highest BCUT2D eigenvalue weighted by Gasteiger charge is 2.27. The van der Waals surface area contributed by atoms with E-state index in [0.717, 1.165) is 51.4 Å². The summed E-state index contributed by atoms with van der Waals surface area (Å²) in [7, 11) is -4.59. The van der Waals surface area contributed by atoms with Crippen molar-refractivity contribution in [1.82, 2.24) is 0 Å². The SMILES string of the molecule is CCCC/C=C\C/C=C\CCCCCCCC(=O)OC(COC(=O)CCCC)COP(=O)(O)OCC(O)CO. The van der Waals surface area contributed by atoms with Crippen LogP contribution < -0.4 is 0 Å². The van der Waals surface area contributed by atoms with Crippen molar-refractivity contribution in [3.8, 4) is 0 Å². The Hall–Kier alpha value is -1.55. The number of esters is 2. The Morgan fingerprint density at radius 1 is 0.769 bits per heavy atom. The van der Waals surface area contributed by atoms with Crippen LogP contribution in [0, 0.1) is 0 Å². The molecule has 0 aliphatic heterocycles. The molecule has 0 aromatic carbocycles. The fourth-order valence-corrected chi connectivity index (χ4v) is 4.07. The minimum Gasteiger partial charge on any atom is -0.462 e. The molecule has 39 heavy (non-hydrogen) atoms. The summed E-state index contributed by atoms with van der Waals surface area (Å²) < 4.78 is 31.9. The summed E-state index contributed by atoms with van der Waals surface area (Å²) >= 11 is 0.